The van der Waals surface area contributed by atoms with Crippen LogP contribution in [0.25, 0.3) is 6.08 Å². The van der Waals surface area contributed by atoms with Gasteiger partial charge in [0, 0.05) is 12.1 Å². The van der Waals surface area contributed by atoms with E-state index in [-0.39, 0.29) is 18.7 Å². The summed E-state index contributed by atoms with van der Waals surface area (Å²) in [6.45, 7) is -0.241. The Morgan fingerprint density at radius 3 is 2.81 bits per heavy atom. The molecular weight excluding hydrogens is 348 g/mol. The number of ether oxygens (including phenoxy) is 2. The van der Waals surface area contributed by atoms with Gasteiger partial charge in [0.25, 0.3) is 0 Å². The lowest BCUT2D eigenvalue weighted by atomic mass is 9.95. The van der Waals surface area contributed by atoms with Crippen LogP contribution in [0.1, 0.15) is 31.2 Å². The molecule has 1 aromatic carbocycles. The number of aliphatic hydroxyl groups is 1. The number of aliphatic hydroxyl groups excluding tert-OH is 1. The Bertz CT molecular complexity index is 763. The van der Waals surface area contributed by atoms with E-state index < -0.39 is 18.6 Å². The predicted octanol–water partition coefficient (Wildman–Crippen LogP) is 1.21. The Balaban J connectivity index is 1.31. The summed E-state index contributed by atoms with van der Waals surface area (Å²) >= 11 is 0. The van der Waals surface area contributed by atoms with Crippen molar-refractivity contribution < 1.29 is 24.2 Å². The molecule has 7 nitrogen and oxygen atoms in total. The van der Waals surface area contributed by atoms with Crippen LogP contribution in [0, 0.1) is 11.8 Å². The molecule has 3 unspecified atom stereocenters. The Hall–Kier alpha value is -2.54. The molecule has 2 fully saturated rings. The molecule has 1 aromatic rings. The Labute approximate surface area is 157 Å². The van der Waals surface area contributed by atoms with Crippen molar-refractivity contribution in [3.63, 3.8) is 0 Å². The number of hydrogen-bond acceptors (Lipinski definition) is 5. The number of carbonyl (C=O) groups is 2. The summed E-state index contributed by atoms with van der Waals surface area (Å²) in [6, 6.07) is 4.59. The molecule has 4 rings (SSSR count). The maximum atomic E-state index is 12.4. The van der Waals surface area contributed by atoms with E-state index in [0.717, 1.165) is 18.4 Å². The van der Waals surface area contributed by atoms with Crippen molar-refractivity contribution in [2.24, 2.45) is 11.8 Å². The van der Waals surface area contributed by atoms with E-state index in [0.29, 0.717) is 23.3 Å². The van der Waals surface area contributed by atoms with Gasteiger partial charge in [0.1, 0.15) is 6.04 Å². The molecule has 0 aromatic heterocycles. The van der Waals surface area contributed by atoms with Crippen molar-refractivity contribution in [2.75, 3.05) is 13.4 Å². The first-order valence-electron chi connectivity index (χ1n) is 9.42. The second kappa shape index (κ2) is 7.60. The molecular formula is C20H24N2O5. The zero-order valence-corrected chi connectivity index (χ0v) is 15.0. The fraction of sp³-hybridized carbons (Fsp3) is 0.500. The summed E-state index contributed by atoms with van der Waals surface area (Å²) in [5.41, 5.74) is 0.779. The summed E-state index contributed by atoms with van der Waals surface area (Å²) < 4.78 is 10.5. The molecule has 2 amide bonds. The van der Waals surface area contributed by atoms with Crippen molar-refractivity contribution in [1.29, 1.82) is 0 Å². The van der Waals surface area contributed by atoms with Gasteiger partial charge in [-0.2, -0.15) is 0 Å². The van der Waals surface area contributed by atoms with Gasteiger partial charge in [-0.05, 0) is 54.9 Å². The lowest BCUT2D eigenvalue weighted by molar-refractivity contribution is -0.128. The Morgan fingerprint density at radius 2 is 2.07 bits per heavy atom. The predicted molar refractivity (Wildman–Crippen MR) is 98.0 cm³/mol. The lowest BCUT2D eigenvalue weighted by Crippen LogP contribution is -2.52. The molecule has 144 valence electrons. The average molecular weight is 372 g/mol. The number of hydrogen-bond donors (Lipinski definition) is 3. The summed E-state index contributed by atoms with van der Waals surface area (Å²) in [5, 5.41) is 15.1. The van der Waals surface area contributed by atoms with Crippen LogP contribution in [-0.4, -0.2) is 42.4 Å². The van der Waals surface area contributed by atoms with Crippen LogP contribution in [0.2, 0.25) is 0 Å². The molecule has 3 aliphatic rings. The van der Waals surface area contributed by atoms with Crippen LogP contribution in [0.3, 0.4) is 0 Å². The van der Waals surface area contributed by atoms with E-state index in [1.165, 1.54) is 18.9 Å². The minimum atomic E-state index is -0.946. The molecule has 7 heteroatoms. The molecule has 4 atom stereocenters. The van der Waals surface area contributed by atoms with Crippen LogP contribution in [0.4, 0.5) is 0 Å². The van der Waals surface area contributed by atoms with Gasteiger partial charge in [-0.1, -0.05) is 12.5 Å². The third-order valence-corrected chi connectivity index (χ3v) is 5.71. The van der Waals surface area contributed by atoms with E-state index in [1.54, 1.807) is 18.2 Å². The summed E-state index contributed by atoms with van der Waals surface area (Å²) in [4.78, 5) is 24.5. The SMILES string of the molecule is O=C(C=Cc1ccc2c(c1)OCO2)N[C@@H](CO)C(=O)NC1CC2CCC1C2. The van der Waals surface area contributed by atoms with Gasteiger partial charge in [0.2, 0.25) is 18.6 Å². The molecule has 1 aliphatic heterocycles. The Kier molecular flexibility index (Phi) is 5.03. The smallest absolute Gasteiger partial charge is 0.245 e. The maximum absolute atomic E-state index is 12.4. The molecule has 1 heterocycles. The fourth-order valence-electron chi connectivity index (χ4n) is 4.31. The zero-order chi connectivity index (χ0) is 18.8. The van der Waals surface area contributed by atoms with Gasteiger partial charge in [0.05, 0.1) is 6.61 Å². The van der Waals surface area contributed by atoms with Gasteiger partial charge in [-0.15, -0.1) is 0 Å². The highest BCUT2D eigenvalue weighted by Crippen LogP contribution is 2.44. The van der Waals surface area contributed by atoms with E-state index in [2.05, 4.69) is 10.6 Å². The van der Waals surface area contributed by atoms with Crippen molar-refractivity contribution in [3.8, 4) is 11.5 Å². The minimum Gasteiger partial charge on any atom is -0.454 e. The molecule has 27 heavy (non-hydrogen) atoms. The number of fused-ring (bicyclic) bond motifs is 3. The topological polar surface area (TPSA) is 96.9 Å². The Morgan fingerprint density at radius 1 is 1.22 bits per heavy atom. The standard InChI is InChI=1S/C20H24N2O5/c23-10-16(20(25)22-15-8-13-1-4-14(15)7-13)21-19(24)6-3-12-2-5-17-18(9-12)27-11-26-17/h2-3,5-6,9,13-16,23H,1,4,7-8,10-11H2,(H,21,24)(H,22,25)/t13?,14?,15?,16-/m0/s1. The van der Waals surface area contributed by atoms with Gasteiger partial charge in [0.15, 0.2) is 11.5 Å². The first-order chi connectivity index (χ1) is 13.1. The highest BCUT2D eigenvalue weighted by molar-refractivity contribution is 5.95. The van der Waals surface area contributed by atoms with Gasteiger partial charge < -0.3 is 25.2 Å². The maximum Gasteiger partial charge on any atom is 0.245 e. The first kappa shape index (κ1) is 17.9. The summed E-state index contributed by atoms with van der Waals surface area (Å²) in [6.07, 6.45) is 7.56. The highest BCUT2D eigenvalue weighted by atomic mass is 16.7. The van der Waals surface area contributed by atoms with Gasteiger partial charge in [-0.25, -0.2) is 0 Å². The molecule has 3 N–H and O–H groups in total. The molecule has 2 saturated carbocycles. The van der Waals surface area contributed by atoms with Crippen molar-refractivity contribution in [2.45, 2.75) is 37.8 Å². The number of amides is 2. The highest BCUT2D eigenvalue weighted by Gasteiger charge is 2.40. The third kappa shape index (κ3) is 3.93. The van der Waals surface area contributed by atoms with Crippen LogP contribution < -0.4 is 20.1 Å². The van der Waals surface area contributed by atoms with Gasteiger partial charge >= 0.3 is 0 Å². The fourth-order valence-corrected chi connectivity index (χ4v) is 4.31. The summed E-state index contributed by atoms with van der Waals surface area (Å²) in [7, 11) is 0. The average Bonchev–Trinajstić information content (AvgIpc) is 3.40. The van der Waals surface area contributed by atoms with Crippen LogP contribution in [0.5, 0.6) is 11.5 Å². The van der Waals surface area contributed by atoms with Crippen LogP contribution in [0.15, 0.2) is 24.3 Å². The van der Waals surface area contributed by atoms with E-state index in [9.17, 15) is 14.7 Å². The van der Waals surface area contributed by atoms with Crippen molar-refractivity contribution in [1.82, 2.24) is 10.6 Å². The van der Waals surface area contributed by atoms with Gasteiger partial charge in [-0.3, -0.25) is 9.59 Å². The number of rotatable bonds is 6. The number of carbonyl (C=O) groups excluding carboxylic acids is 2. The van der Waals surface area contributed by atoms with Crippen molar-refractivity contribution in [3.05, 3.63) is 29.8 Å². The zero-order valence-electron chi connectivity index (χ0n) is 15.0. The largest absolute Gasteiger partial charge is 0.454 e. The second-order valence-electron chi connectivity index (χ2n) is 7.48. The molecule has 2 bridgehead atoms. The van der Waals surface area contributed by atoms with E-state index in [1.807, 2.05) is 6.07 Å². The molecule has 0 spiro atoms. The molecule has 2 aliphatic carbocycles. The quantitative estimate of drug-likeness (QED) is 0.652. The summed E-state index contributed by atoms with van der Waals surface area (Å²) in [5.74, 6) is 1.81. The number of benzene rings is 1. The third-order valence-electron chi connectivity index (χ3n) is 5.71. The van der Waals surface area contributed by atoms with E-state index >= 15 is 0 Å². The second-order valence-corrected chi connectivity index (χ2v) is 7.48. The first-order valence-corrected chi connectivity index (χ1v) is 9.42. The monoisotopic (exact) mass is 372 g/mol. The van der Waals surface area contributed by atoms with Crippen molar-refractivity contribution >= 4 is 17.9 Å². The van der Waals surface area contributed by atoms with Crippen LogP contribution in [-0.2, 0) is 9.59 Å². The van der Waals surface area contributed by atoms with Crippen LogP contribution >= 0.6 is 0 Å². The number of nitrogens with one attached hydrogen (secondary N) is 2. The molecule has 0 radical (unpaired) electrons. The minimum absolute atomic E-state index is 0.173. The van der Waals surface area contributed by atoms with E-state index in [4.69, 9.17) is 9.47 Å². The lowest BCUT2D eigenvalue weighted by Gasteiger charge is -2.25. The molecule has 0 saturated heterocycles. The normalized spacial score (nSPS) is 26.3.